The Morgan fingerprint density at radius 1 is 1.67 bits per heavy atom. The van der Waals surface area contributed by atoms with Crippen LogP contribution < -0.4 is 5.73 Å². The molecule has 7 heteroatoms. The summed E-state index contributed by atoms with van der Waals surface area (Å²) in [7, 11) is -3.42. The summed E-state index contributed by atoms with van der Waals surface area (Å²) >= 11 is 6.56. The highest BCUT2D eigenvalue weighted by Crippen LogP contribution is 2.27. The van der Waals surface area contributed by atoms with Gasteiger partial charge in [0.15, 0.2) is 0 Å². The van der Waals surface area contributed by atoms with E-state index in [1.807, 2.05) is 11.4 Å². The summed E-state index contributed by atoms with van der Waals surface area (Å²) in [4.78, 5) is 1.35. The second-order valence-electron chi connectivity index (χ2n) is 4.30. The van der Waals surface area contributed by atoms with Crippen LogP contribution in [0.4, 0.5) is 0 Å². The molecule has 0 bridgehead atoms. The van der Waals surface area contributed by atoms with Gasteiger partial charge in [-0.1, -0.05) is 19.1 Å². The molecule has 0 aliphatic carbocycles. The molecule has 0 aromatic carbocycles. The van der Waals surface area contributed by atoms with Crippen molar-refractivity contribution in [2.75, 3.05) is 6.54 Å². The third-order valence-corrected chi connectivity index (χ3v) is 6.97. The Morgan fingerprint density at radius 2 is 2.39 bits per heavy atom. The van der Waals surface area contributed by atoms with E-state index in [9.17, 15) is 8.42 Å². The highest BCUT2D eigenvalue weighted by molar-refractivity contribution is 7.92. The Labute approximate surface area is 117 Å². The van der Waals surface area contributed by atoms with Crippen LogP contribution in [0, 0.1) is 0 Å². The number of thiocarbonyl (C=S) groups is 1. The Hall–Kier alpha value is -0.500. The molecule has 1 aromatic rings. The summed E-state index contributed by atoms with van der Waals surface area (Å²) in [5, 5.41) is 1.26. The van der Waals surface area contributed by atoms with Gasteiger partial charge >= 0.3 is 0 Å². The fraction of sp³-hybridized carbons (Fsp3) is 0.545. The second-order valence-corrected chi connectivity index (χ2v) is 7.88. The molecule has 0 saturated carbocycles. The van der Waals surface area contributed by atoms with Crippen molar-refractivity contribution in [2.24, 2.45) is 5.73 Å². The average Bonchev–Trinajstić information content (AvgIpc) is 2.75. The topological polar surface area (TPSA) is 63.4 Å². The van der Waals surface area contributed by atoms with Gasteiger partial charge in [-0.05, 0) is 29.9 Å². The molecule has 2 heterocycles. The molecule has 0 radical (unpaired) electrons. The van der Waals surface area contributed by atoms with Gasteiger partial charge in [-0.15, -0.1) is 11.3 Å². The monoisotopic (exact) mass is 304 g/mol. The lowest BCUT2D eigenvalue weighted by molar-refractivity contribution is 0.391. The summed E-state index contributed by atoms with van der Waals surface area (Å²) in [5.74, 6) is 0. The molecular formula is C11H16N2O2S3. The minimum Gasteiger partial charge on any atom is -0.392 e. The van der Waals surface area contributed by atoms with E-state index in [-0.39, 0.29) is 4.99 Å². The summed E-state index contributed by atoms with van der Waals surface area (Å²) < 4.78 is 26.4. The second kappa shape index (κ2) is 5.24. The highest BCUT2D eigenvalue weighted by atomic mass is 32.2. The van der Waals surface area contributed by atoms with Crippen molar-refractivity contribution in [3.63, 3.8) is 0 Å². The number of nitrogens with zero attached hydrogens (tertiary/aromatic N) is 1. The molecule has 1 aromatic heterocycles. The van der Waals surface area contributed by atoms with Gasteiger partial charge in [0.05, 0.1) is 4.99 Å². The lowest BCUT2D eigenvalue weighted by Gasteiger charge is -2.29. The van der Waals surface area contributed by atoms with Crippen LogP contribution >= 0.6 is 23.6 Å². The SMILES string of the molecule is CCC(C(N)=S)S(=O)(=O)N1CCc2sccc2C1. The van der Waals surface area contributed by atoms with Gasteiger partial charge in [0.1, 0.15) is 5.25 Å². The molecule has 4 nitrogen and oxygen atoms in total. The summed E-state index contributed by atoms with van der Waals surface area (Å²) in [6.45, 7) is 2.76. The number of hydrogen-bond acceptors (Lipinski definition) is 4. The maximum absolute atomic E-state index is 12.5. The van der Waals surface area contributed by atoms with Gasteiger partial charge in [0.2, 0.25) is 10.0 Å². The van der Waals surface area contributed by atoms with Crippen molar-refractivity contribution >= 4 is 38.6 Å². The van der Waals surface area contributed by atoms with Gasteiger partial charge in [-0.3, -0.25) is 0 Å². The lowest BCUT2D eigenvalue weighted by atomic mass is 10.1. The van der Waals surface area contributed by atoms with E-state index in [2.05, 4.69) is 0 Å². The van der Waals surface area contributed by atoms with Crippen molar-refractivity contribution in [1.82, 2.24) is 4.31 Å². The zero-order chi connectivity index (χ0) is 13.3. The largest absolute Gasteiger partial charge is 0.392 e. The number of sulfonamides is 1. The van der Waals surface area contributed by atoms with Crippen LogP contribution in [0.15, 0.2) is 11.4 Å². The van der Waals surface area contributed by atoms with Crippen LogP contribution in [0.25, 0.3) is 0 Å². The van der Waals surface area contributed by atoms with Gasteiger partial charge in [0, 0.05) is 18.0 Å². The van der Waals surface area contributed by atoms with Crippen LogP contribution in [0.2, 0.25) is 0 Å². The van der Waals surface area contributed by atoms with Gasteiger partial charge in [-0.25, -0.2) is 8.42 Å². The fourth-order valence-corrected chi connectivity index (χ4v) is 5.34. The molecule has 18 heavy (non-hydrogen) atoms. The number of thiophene rings is 1. The van der Waals surface area contributed by atoms with Gasteiger partial charge in [0.25, 0.3) is 0 Å². The first-order valence-corrected chi connectivity index (χ1v) is 8.59. The van der Waals surface area contributed by atoms with E-state index in [4.69, 9.17) is 18.0 Å². The zero-order valence-corrected chi connectivity index (χ0v) is 12.6. The molecule has 2 rings (SSSR count). The van der Waals surface area contributed by atoms with Crippen molar-refractivity contribution in [1.29, 1.82) is 0 Å². The first-order valence-electron chi connectivity index (χ1n) is 5.80. The molecule has 0 spiro atoms. The summed E-state index contributed by atoms with van der Waals surface area (Å²) in [6, 6.07) is 1.99. The average molecular weight is 304 g/mol. The Balaban J connectivity index is 2.25. The quantitative estimate of drug-likeness (QED) is 0.856. The first-order chi connectivity index (χ1) is 8.46. The van der Waals surface area contributed by atoms with E-state index < -0.39 is 15.3 Å². The van der Waals surface area contributed by atoms with E-state index in [1.165, 1.54) is 9.18 Å². The molecule has 2 N–H and O–H groups in total. The van der Waals surface area contributed by atoms with Crippen molar-refractivity contribution < 1.29 is 8.42 Å². The molecule has 1 unspecified atom stereocenters. The predicted octanol–water partition coefficient (Wildman–Crippen LogP) is 1.50. The van der Waals surface area contributed by atoms with Crippen LogP contribution in [-0.4, -0.2) is 29.5 Å². The molecule has 0 saturated heterocycles. The Kier molecular flexibility index (Phi) is 4.05. The Bertz CT molecular complexity index is 550. The van der Waals surface area contributed by atoms with Crippen LogP contribution in [0.1, 0.15) is 23.8 Å². The molecule has 1 aliphatic heterocycles. The summed E-state index contributed by atoms with van der Waals surface area (Å²) in [6.07, 6.45) is 1.20. The first kappa shape index (κ1) is 13.9. The standard InChI is InChI=1S/C11H16N2O2S3/c1-2-10(11(12)16)18(14,15)13-5-3-9-8(7-13)4-6-17-9/h4,6,10H,2-3,5,7H2,1H3,(H2,12,16). The third-order valence-electron chi connectivity index (χ3n) is 3.18. The minimum atomic E-state index is -3.42. The van der Waals surface area contributed by atoms with Crippen molar-refractivity contribution in [2.45, 2.75) is 31.6 Å². The van der Waals surface area contributed by atoms with Gasteiger partial charge in [-0.2, -0.15) is 4.31 Å². The van der Waals surface area contributed by atoms with Crippen LogP contribution in [0.3, 0.4) is 0 Å². The van der Waals surface area contributed by atoms with Crippen LogP contribution in [-0.2, 0) is 23.0 Å². The molecule has 0 amide bonds. The Morgan fingerprint density at radius 3 is 3.00 bits per heavy atom. The smallest absolute Gasteiger partial charge is 0.223 e. The number of rotatable bonds is 4. The summed E-state index contributed by atoms with van der Waals surface area (Å²) in [5.41, 5.74) is 6.65. The third kappa shape index (κ3) is 2.45. The van der Waals surface area contributed by atoms with Crippen molar-refractivity contribution in [3.8, 4) is 0 Å². The molecular weight excluding hydrogens is 288 g/mol. The van der Waals surface area contributed by atoms with E-state index in [0.717, 1.165) is 12.0 Å². The molecule has 1 atom stereocenters. The normalized spacial score (nSPS) is 18.3. The van der Waals surface area contributed by atoms with E-state index in [1.54, 1.807) is 18.3 Å². The number of fused-ring (bicyclic) bond motifs is 1. The fourth-order valence-electron chi connectivity index (χ4n) is 2.18. The number of hydrogen-bond donors (Lipinski definition) is 1. The van der Waals surface area contributed by atoms with Crippen molar-refractivity contribution in [3.05, 3.63) is 21.9 Å². The number of nitrogens with two attached hydrogens (primary N) is 1. The predicted molar refractivity (Wildman–Crippen MR) is 78.2 cm³/mol. The van der Waals surface area contributed by atoms with Crippen LogP contribution in [0.5, 0.6) is 0 Å². The lowest BCUT2D eigenvalue weighted by Crippen LogP contribution is -2.45. The van der Waals surface area contributed by atoms with E-state index >= 15 is 0 Å². The molecule has 1 aliphatic rings. The van der Waals surface area contributed by atoms with E-state index in [0.29, 0.717) is 19.5 Å². The zero-order valence-electron chi connectivity index (χ0n) is 10.1. The molecule has 100 valence electrons. The minimum absolute atomic E-state index is 0.0635. The highest BCUT2D eigenvalue weighted by Gasteiger charge is 2.34. The maximum atomic E-state index is 12.5. The molecule has 0 fully saturated rings. The van der Waals surface area contributed by atoms with Gasteiger partial charge < -0.3 is 5.73 Å². The maximum Gasteiger partial charge on any atom is 0.223 e.